The SMILES string of the molecule is NC(c1ccc2cccnc2c1N=O)N1CCOCC1. The minimum atomic E-state index is -0.363. The Bertz CT molecular complexity index is 626. The lowest BCUT2D eigenvalue weighted by Crippen LogP contribution is -2.42. The van der Waals surface area contributed by atoms with Crippen molar-refractivity contribution in [1.82, 2.24) is 9.88 Å². The first-order valence-corrected chi connectivity index (χ1v) is 6.59. The number of benzene rings is 1. The average molecular weight is 272 g/mol. The second-order valence-corrected chi connectivity index (χ2v) is 4.76. The van der Waals surface area contributed by atoms with Crippen molar-refractivity contribution in [2.45, 2.75) is 6.17 Å². The summed E-state index contributed by atoms with van der Waals surface area (Å²) in [7, 11) is 0. The van der Waals surface area contributed by atoms with Gasteiger partial charge in [-0.15, -0.1) is 4.91 Å². The number of hydrogen-bond acceptors (Lipinski definition) is 6. The lowest BCUT2D eigenvalue weighted by molar-refractivity contribution is 0.0174. The largest absolute Gasteiger partial charge is 0.379 e. The fraction of sp³-hybridized carbons (Fsp3) is 0.357. The van der Waals surface area contributed by atoms with Crippen LogP contribution in [0.1, 0.15) is 11.7 Å². The molecule has 1 fully saturated rings. The Kier molecular flexibility index (Phi) is 3.68. The summed E-state index contributed by atoms with van der Waals surface area (Å²) in [5, 5.41) is 4.05. The van der Waals surface area contributed by atoms with Crippen LogP contribution in [-0.4, -0.2) is 36.2 Å². The fourth-order valence-corrected chi connectivity index (χ4v) is 2.53. The summed E-state index contributed by atoms with van der Waals surface area (Å²) >= 11 is 0. The van der Waals surface area contributed by atoms with E-state index < -0.39 is 0 Å². The number of ether oxygens (including phenoxy) is 1. The number of aromatic nitrogens is 1. The number of rotatable bonds is 3. The van der Waals surface area contributed by atoms with Crippen molar-refractivity contribution >= 4 is 16.6 Å². The van der Waals surface area contributed by atoms with E-state index in [-0.39, 0.29) is 6.17 Å². The highest BCUT2D eigenvalue weighted by Gasteiger charge is 2.23. The van der Waals surface area contributed by atoms with E-state index in [0.29, 0.717) is 30.0 Å². The molecule has 2 heterocycles. The number of nitrogens with two attached hydrogens (primary N) is 1. The highest BCUT2D eigenvalue weighted by atomic mass is 16.5. The van der Waals surface area contributed by atoms with Crippen LogP contribution >= 0.6 is 0 Å². The van der Waals surface area contributed by atoms with Gasteiger partial charge in [-0.1, -0.05) is 18.2 Å². The highest BCUT2D eigenvalue weighted by molar-refractivity contribution is 5.90. The van der Waals surface area contributed by atoms with E-state index in [1.54, 1.807) is 6.20 Å². The molecule has 2 aromatic rings. The van der Waals surface area contributed by atoms with Crippen LogP contribution in [0.5, 0.6) is 0 Å². The average Bonchev–Trinajstić information content (AvgIpc) is 2.54. The molecule has 1 aliphatic heterocycles. The molecule has 0 spiro atoms. The molecule has 20 heavy (non-hydrogen) atoms. The minimum Gasteiger partial charge on any atom is -0.379 e. The van der Waals surface area contributed by atoms with Crippen LogP contribution in [0.25, 0.3) is 10.9 Å². The lowest BCUT2D eigenvalue weighted by atomic mass is 10.1. The van der Waals surface area contributed by atoms with Gasteiger partial charge in [-0.05, 0) is 11.2 Å². The zero-order valence-electron chi connectivity index (χ0n) is 11.0. The first kappa shape index (κ1) is 13.1. The molecule has 1 unspecified atom stereocenters. The molecule has 3 rings (SSSR count). The molecule has 1 aromatic carbocycles. The van der Waals surface area contributed by atoms with Crippen LogP contribution in [-0.2, 0) is 4.74 Å². The summed E-state index contributed by atoms with van der Waals surface area (Å²) in [6, 6.07) is 7.52. The van der Waals surface area contributed by atoms with E-state index in [9.17, 15) is 4.91 Å². The Morgan fingerprint density at radius 1 is 1.30 bits per heavy atom. The summed E-state index contributed by atoms with van der Waals surface area (Å²) < 4.78 is 5.32. The summed E-state index contributed by atoms with van der Waals surface area (Å²) in [6.45, 7) is 2.81. The number of fused-ring (bicyclic) bond motifs is 1. The quantitative estimate of drug-likeness (QED) is 0.863. The second-order valence-electron chi connectivity index (χ2n) is 4.76. The van der Waals surface area contributed by atoms with Crippen LogP contribution in [0.15, 0.2) is 35.6 Å². The number of morpholine rings is 1. The molecule has 6 nitrogen and oxygen atoms in total. The molecule has 2 N–H and O–H groups in total. The van der Waals surface area contributed by atoms with Gasteiger partial charge in [-0.2, -0.15) is 0 Å². The smallest absolute Gasteiger partial charge is 0.140 e. The summed E-state index contributed by atoms with van der Waals surface area (Å²) in [4.78, 5) is 17.6. The van der Waals surface area contributed by atoms with Crippen LogP contribution in [0.4, 0.5) is 5.69 Å². The van der Waals surface area contributed by atoms with Gasteiger partial charge in [0.15, 0.2) is 0 Å². The predicted octanol–water partition coefficient (Wildman–Crippen LogP) is 1.92. The molecule has 0 radical (unpaired) electrons. The zero-order chi connectivity index (χ0) is 13.9. The minimum absolute atomic E-state index is 0.335. The van der Waals surface area contributed by atoms with Crippen molar-refractivity contribution in [3.8, 4) is 0 Å². The molecular formula is C14H16N4O2. The van der Waals surface area contributed by atoms with Crippen molar-refractivity contribution in [2.75, 3.05) is 26.3 Å². The van der Waals surface area contributed by atoms with Crippen LogP contribution < -0.4 is 5.73 Å². The van der Waals surface area contributed by atoms with Crippen molar-refractivity contribution in [2.24, 2.45) is 10.9 Å². The maximum atomic E-state index is 11.2. The molecule has 0 aliphatic carbocycles. The van der Waals surface area contributed by atoms with Gasteiger partial charge >= 0.3 is 0 Å². The molecule has 0 saturated carbocycles. The van der Waals surface area contributed by atoms with Gasteiger partial charge in [-0.3, -0.25) is 9.88 Å². The Balaban J connectivity index is 2.03. The third-order valence-corrected chi connectivity index (χ3v) is 3.63. The van der Waals surface area contributed by atoms with Gasteiger partial charge in [0.25, 0.3) is 0 Å². The Hall–Kier alpha value is -1.89. The lowest BCUT2D eigenvalue weighted by Gasteiger charge is -2.32. The van der Waals surface area contributed by atoms with Gasteiger partial charge in [-0.25, -0.2) is 0 Å². The van der Waals surface area contributed by atoms with E-state index in [4.69, 9.17) is 10.5 Å². The highest BCUT2D eigenvalue weighted by Crippen LogP contribution is 2.33. The fourth-order valence-electron chi connectivity index (χ4n) is 2.53. The zero-order valence-corrected chi connectivity index (χ0v) is 11.0. The normalized spacial score (nSPS) is 18.1. The monoisotopic (exact) mass is 272 g/mol. The number of pyridine rings is 1. The first-order chi connectivity index (χ1) is 9.81. The maximum Gasteiger partial charge on any atom is 0.140 e. The predicted molar refractivity (Wildman–Crippen MR) is 76.5 cm³/mol. The van der Waals surface area contributed by atoms with Crippen LogP contribution in [0.3, 0.4) is 0 Å². The molecule has 1 aliphatic rings. The van der Waals surface area contributed by atoms with Crippen molar-refractivity contribution in [3.05, 3.63) is 40.9 Å². The molecule has 1 atom stereocenters. The van der Waals surface area contributed by atoms with Crippen LogP contribution in [0.2, 0.25) is 0 Å². The van der Waals surface area contributed by atoms with E-state index >= 15 is 0 Å². The Morgan fingerprint density at radius 3 is 2.85 bits per heavy atom. The number of hydrogen-bond donors (Lipinski definition) is 1. The van der Waals surface area contributed by atoms with Crippen molar-refractivity contribution < 1.29 is 4.74 Å². The molecule has 0 bridgehead atoms. The Labute approximate surface area is 116 Å². The van der Waals surface area contributed by atoms with E-state index in [0.717, 1.165) is 18.5 Å². The molecule has 104 valence electrons. The van der Waals surface area contributed by atoms with Crippen LogP contribution in [0, 0.1) is 4.91 Å². The molecule has 0 amide bonds. The maximum absolute atomic E-state index is 11.2. The van der Waals surface area contributed by atoms with Gasteiger partial charge in [0.2, 0.25) is 0 Å². The van der Waals surface area contributed by atoms with Gasteiger partial charge in [0.05, 0.1) is 24.9 Å². The molecule has 1 saturated heterocycles. The van der Waals surface area contributed by atoms with E-state index in [1.165, 1.54) is 0 Å². The van der Waals surface area contributed by atoms with Gasteiger partial charge < -0.3 is 10.5 Å². The standard InChI is InChI=1S/C14H16N4O2/c15-14(18-6-8-20-9-7-18)11-4-3-10-2-1-5-16-12(10)13(11)17-19/h1-5,14H,6-9,15H2. The van der Waals surface area contributed by atoms with E-state index in [2.05, 4.69) is 15.1 Å². The molecule has 1 aromatic heterocycles. The molecule has 6 heteroatoms. The molecular weight excluding hydrogens is 256 g/mol. The van der Waals surface area contributed by atoms with Gasteiger partial charge in [0.1, 0.15) is 5.69 Å². The first-order valence-electron chi connectivity index (χ1n) is 6.59. The topological polar surface area (TPSA) is 80.8 Å². The third-order valence-electron chi connectivity index (χ3n) is 3.63. The van der Waals surface area contributed by atoms with Crippen molar-refractivity contribution in [1.29, 1.82) is 0 Å². The van der Waals surface area contributed by atoms with E-state index in [1.807, 2.05) is 24.3 Å². The third kappa shape index (κ3) is 2.29. The summed E-state index contributed by atoms with van der Waals surface area (Å²) in [5.74, 6) is 0. The van der Waals surface area contributed by atoms with Crippen molar-refractivity contribution in [3.63, 3.8) is 0 Å². The second kappa shape index (κ2) is 5.62. The Morgan fingerprint density at radius 2 is 2.10 bits per heavy atom. The number of nitroso groups, excluding NO2 is 1. The number of nitrogens with zero attached hydrogens (tertiary/aromatic N) is 3. The summed E-state index contributed by atoms with van der Waals surface area (Å²) in [6.07, 6.45) is 1.29. The van der Waals surface area contributed by atoms with Gasteiger partial charge in [0, 0.05) is 30.2 Å². The summed E-state index contributed by atoms with van der Waals surface area (Å²) in [5.41, 5.74) is 7.93.